The Bertz CT molecular complexity index is 1210. The van der Waals surface area contributed by atoms with Crippen molar-refractivity contribution in [3.8, 4) is 0 Å². The summed E-state index contributed by atoms with van der Waals surface area (Å²) in [5.41, 5.74) is 1.40. The van der Waals surface area contributed by atoms with E-state index in [0.717, 1.165) is 11.8 Å². The molecule has 0 heterocycles. The number of rotatable bonds is 7. The minimum atomic E-state index is -0.789. The average Bonchev–Trinajstić information content (AvgIpc) is 2.79. The van der Waals surface area contributed by atoms with Crippen LogP contribution in [0.4, 0.5) is 21.5 Å². The Morgan fingerprint density at radius 1 is 0.970 bits per heavy atom. The minimum Gasteiger partial charge on any atom is -0.378 e. The number of halogens is 1. The van der Waals surface area contributed by atoms with E-state index in [1.54, 1.807) is 12.1 Å². The standard InChI is InChI=1S/C24H21FN4O4/c1-28(2)18-11-7-16(8-12-18)15-22(27-23(30)20-5-3-4-6-21(20)25)24(31)26-17-9-13-19(14-10-17)29(32)33/h3-15H,1-2H3,(H,26,31)(H,27,30)/b22-15-. The van der Waals surface area contributed by atoms with E-state index in [-0.39, 0.29) is 16.9 Å². The van der Waals surface area contributed by atoms with Crippen molar-refractivity contribution in [1.82, 2.24) is 5.32 Å². The lowest BCUT2D eigenvalue weighted by atomic mass is 10.1. The molecular weight excluding hydrogens is 427 g/mol. The highest BCUT2D eigenvalue weighted by molar-refractivity contribution is 6.10. The zero-order valence-corrected chi connectivity index (χ0v) is 17.9. The molecule has 3 aromatic carbocycles. The Morgan fingerprint density at radius 3 is 2.18 bits per heavy atom. The summed E-state index contributed by atoms with van der Waals surface area (Å²) in [6.07, 6.45) is 1.46. The second kappa shape index (κ2) is 10.2. The third-order valence-electron chi connectivity index (χ3n) is 4.67. The van der Waals surface area contributed by atoms with Crippen molar-refractivity contribution in [1.29, 1.82) is 0 Å². The molecule has 0 atom stereocenters. The first-order valence-electron chi connectivity index (χ1n) is 9.85. The van der Waals surface area contributed by atoms with E-state index in [9.17, 15) is 24.1 Å². The summed E-state index contributed by atoms with van der Waals surface area (Å²) in [4.78, 5) is 37.7. The highest BCUT2D eigenvalue weighted by atomic mass is 19.1. The summed E-state index contributed by atoms with van der Waals surface area (Å²) < 4.78 is 14.0. The number of carbonyl (C=O) groups is 2. The number of carbonyl (C=O) groups excluding carboxylic acids is 2. The Morgan fingerprint density at radius 2 is 1.61 bits per heavy atom. The summed E-state index contributed by atoms with van der Waals surface area (Å²) in [5.74, 6) is -2.19. The van der Waals surface area contributed by atoms with E-state index in [2.05, 4.69) is 10.6 Å². The third kappa shape index (κ3) is 6.01. The molecule has 0 fully saturated rings. The number of anilines is 2. The van der Waals surface area contributed by atoms with Gasteiger partial charge in [0.1, 0.15) is 11.5 Å². The van der Waals surface area contributed by atoms with Crippen molar-refractivity contribution in [3.63, 3.8) is 0 Å². The van der Waals surface area contributed by atoms with Gasteiger partial charge in [-0.2, -0.15) is 0 Å². The molecule has 8 nitrogen and oxygen atoms in total. The van der Waals surface area contributed by atoms with Gasteiger partial charge in [0.05, 0.1) is 10.5 Å². The smallest absolute Gasteiger partial charge is 0.272 e. The molecule has 2 N–H and O–H groups in total. The maximum Gasteiger partial charge on any atom is 0.272 e. The van der Waals surface area contributed by atoms with Gasteiger partial charge in [-0.1, -0.05) is 24.3 Å². The van der Waals surface area contributed by atoms with E-state index >= 15 is 0 Å². The third-order valence-corrected chi connectivity index (χ3v) is 4.67. The molecule has 0 aliphatic rings. The second-order valence-corrected chi connectivity index (χ2v) is 7.24. The van der Waals surface area contributed by atoms with Gasteiger partial charge in [0.25, 0.3) is 17.5 Å². The van der Waals surface area contributed by atoms with Crippen molar-refractivity contribution in [2.24, 2.45) is 0 Å². The molecule has 0 bridgehead atoms. The summed E-state index contributed by atoms with van der Waals surface area (Å²) in [6, 6.07) is 17.9. The number of hydrogen-bond acceptors (Lipinski definition) is 5. The monoisotopic (exact) mass is 448 g/mol. The van der Waals surface area contributed by atoms with Crippen LogP contribution in [0.1, 0.15) is 15.9 Å². The molecule has 3 rings (SSSR count). The molecule has 33 heavy (non-hydrogen) atoms. The van der Waals surface area contributed by atoms with Crippen molar-refractivity contribution < 1.29 is 18.9 Å². The SMILES string of the molecule is CN(C)c1ccc(/C=C(\NC(=O)c2ccccc2F)C(=O)Nc2ccc([N+](=O)[O-])cc2)cc1. The van der Waals surface area contributed by atoms with Gasteiger partial charge in [-0.15, -0.1) is 0 Å². The number of nitro benzene ring substituents is 1. The predicted molar refractivity (Wildman–Crippen MR) is 124 cm³/mol. The Balaban J connectivity index is 1.89. The molecule has 9 heteroatoms. The number of benzene rings is 3. The van der Waals surface area contributed by atoms with Crippen LogP contribution in [-0.2, 0) is 4.79 Å². The van der Waals surface area contributed by atoms with E-state index in [1.807, 2.05) is 31.1 Å². The number of amides is 2. The zero-order chi connectivity index (χ0) is 24.0. The van der Waals surface area contributed by atoms with Gasteiger partial charge in [0, 0.05) is 37.6 Å². The first kappa shape index (κ1) is 23.1. The quantitative estimate of drug-likeness (QED) is 0.320. The summed E-state index contributed by atoms with van der Waals surface area (Å²) in [5, 5.41) is 15.9. The van der Waals surface area contributed by atoms with Crippen LogP contribution in [-0.4, -0.2) is 30.8 Å². The van der Waals surface area contributed by atoms with Gasteiger partial charge in [0.15, 0.2) is 0 Å². The molecule has 0 aliphatic heterocycles. The lowest BCUT2D eigenvalue weighted by molar-refractivity contribution is -0.384. The summed E-state index contributed by atoms with van der Waals surface area (Å²) in [7, 11) is 3.78. The highest BCUT2D eigenvalue weighted by Gasteiger charge is 2.18. The van der Waals surface area contributed by atoms with E-state index in [0.29, 0.717) is 11.3 Å². The molecule has 0 unspecified atom stereocenters. The van der Waals surface area contributed by atoms with E-state index in [4.69, 9.17) is 0 Å². The van der Waals surface area contributed by atoms with Gasteiger partial charge >= 0.3 is 0 Å². The van der Waals surface area contributed by atoms with Crippen LogP contribution in [0.15, 0.2) is 78.5 Å². The van der Waals surface area contributed by atoms with Crippen molar-refractivity contribution in [2.45, 2.75) is 0 Å². The number of non-ortho nitro benzene ring substituents is 1. The fourth-order valence-electron chi connectivity index (χ4n) is 2.89. The predicted octanol–water partition coefficient (Wildman–Crippen LogP) is 4.21. The van der Waals surface area contributed by atoms with Crippen LogP contribution >= 0.6 is 0 Å². The van der Waals surface area contributed by atoms with Gasteiger partial charge < -0.3 is 15.5 Å². The zero-order valence-electron chi connectivity index (χ0n) is 17.9. The molecular formula is C24H21FN4O4. The summed E-state index contributed by atoms with van der Waals surface area (Å²) >= 11 is 0. The van der Waals surface area contributed by atoms with E-state index < -0.39 is 22.6 Å². The van der Waals surface area contributed by atoms with Crippen LogP contribution in [0, 0.1) is 15.9 Å². The first-order valence-corrected chi connectivity index (χ1v) is 9.85. The van der Waals surface area contributed by atoms with Crippen LogP contribution in [0.2, 0.25) is 0 Å². The first-order chi connectivity index (χ1) is 15.7. The molecule has 0 saturated heterocycles. The van der Waals surface area contributed by atoms with Gasteiger partial charge in [0.2, 0.25) is 0 Å². The van der Waals surface area contributed by atoms with Crippen molar-refractivity contribution >= 4 is 35.0 Å². The molecule has 0 spiro atoms. The Labute approximate surface area is 189 Å². The second-order valence-electron chi connectivity index (χ2n) is 7.24. The Hall–Kier alpha value is -4.53. The highest BCUT2D eigenvalue weighted by Crippen LogP contribution is 2.18. The molecule has 168 valence electrons. The van der Waals surface area contributed by atoms with Gasteiger partial charge in [-0.05, 0) is 48.0 Å². The molecule has 0 radical (unpaired) electrons. The lowest BCUT2D eigenvalue weighted by Gasteiger charge is -2.13. The minimum absolute atomic E-state index is 0.126. The fourth-order valence-corrected chi connectivity index (χ4v) is 2.89. The van der Waals surface area contributed by atoms with Crippen molar-refractivity contribution in [2.75, 3.05) is 24.3 Å². The van der Waals surface area contributed by atoms with Crippen LogP contribution in [0.5, 0.6) is 0 Å². The largest absolute Gasteiger partial charge is 0.378 e. The van der Waals surface area contributed by atoms with Crippen LogP contribution in [0.25, 0.3) is 6.08 Å². The normalized spacial score (nSPS) is 10.9. The number of nitrogens with zero attached hydrogens (tertiary/aromatic N) is 2. The molecule has 0 aromatic heterocycles. The Kier molecular flexibility index (Phi) is 7.14. The maximum absolute atomic E-state index is 14.0. The molecule has 3 aromatic rings. The molecule has 2 amide bonds. The average molecular weight is 448 g/mol. The number of hydrogen-bond donors (Lipinski definition) is 2. The topological polar surface area (TPSA) is 105 Å². The number of nitro groups is 1. The fraction of sp³-hybridized carbons (Fsp3) is 0.0833. The lowest BCUT2D eigenvalue weighted by Crippen LogP contribution is -2.31. The van der Waals surface area contributed by atoms with Crippen LogP contribution < -0.4 is 15.5 Å². The van der Waals surface area contributed by atoms with Crippen molar-refractivity contribution in [3.05, 3.63) is 106 Å². The summed E-state index contributed by atoms with van der Waals surface area (Å²) in [6.45, 7) is 0. The number of nitrogens with one attached hydrogen (secondary N) is 2. The van der Waals surface area contributed by atoms with Gasteiger partial charge in [-0.3, -0.25) is 19.7 Å². The molecule has 0 aliphatic carbocycles. The maximum atomic E-state index is 14.0. The van der Waals surface area contributed by atoms with Crippen LogP contribution in [0.3, 0.4) is 0 Å². The molecule has 0 saturated carbocycles. The van der Waals surface area contributed by atoms with E-state index in [1.165, 1.54) is 48.5 Å². The van der Waals surface area contributed by atoms with Gasteiger partial charge in [-0.25, -0.2) is 4.39 Å².